The van der Waals surface area contributed by atoms with Crippen molar-refractivity contribution in [2.45, 2.75) is 75.4 Å². The molecule has 4 aliphatic rings. The van der Waals surface area contributed by atoms with Crippen LogP contribution < -0.4 is 5.19 Å². The van der Waals surface area contributed by atoms with Gasteiger partial charge in [-0.1, -0.05) is 118 Å². The van der Waals surface area contributed by atoms with Gasteiger partial charge in [-0.3, -0.25) is 0 Å². The normalized spacial score (nSPS) is 38.2. The quantitative estimate of drug-likeness (QED) is 0.506. The second-order valence-corrected chi connectivity index (χ2v) is 14.7. The molecular formula is C26H36Si. The Kier molecular flexibility index (Phi) is 4.92. The average molecular weight is 377 g/mol. The molecule has 6 unspecified atom stereocenters. The first-order valence-electron chi connectivity index (χ1n) is 11.7. The van der Waals surface area contributed by atoms with E-state index in [0.29, 0.717) is 0 Å². The molecule has 0 saturated heterocycles. The Labute approximate surface area is 167 Å². The van der Waals surface area contributed by atoms with Gasteiger partial charge in [-0.15, -0.1) is 0 Å². The highest BCUT2D eigenvalue weighted by Gasteiger charge is 2.58. The molecule has 6 atom stereocenters. The van der Waals surface area contributed by atoms with Gasteiger partial charge in [0.15, 0.2) is 0 Å². The molecule has 0 heterocycles. The van der Waals surface area contributed by atoms with Gasteiger partial charge < -0.3 is 0 Å². The molecule has 144 valence electrons. The topological polar surface area (TPSA) is 0 Å². The van der Waals surface area contributed by atoms with Gasteiger partial charge in [0.1, 0.15) is 0 Å². The number of fused-ring (bicyclic) bond motifs is 3. The Bertz CT molecular complexity index is 698. The van der Waals surface area contributed by atoms with E-state index in [2.05, 4.69) is 61.2 Å². The van der Waals surface area contributed by atoms with Crippen LogP contribution >= 0.6 is 0 Å². The summed E-state index contributed by atoms with van der Waals surface area (Å²) in [4.78, 5) is 0. The summed E-state index contributed by atoms with van der Waals surface area (Å²) < 4.78 is 0. The summed E-state index contributed by atoms with van der Waals surface area (Å²) in [5, 5.41) is 1.77. The van der Waals surface area contributed by atoms with Gasteiger partial charge in [0.05, 0.1) is 8.07 Å². The minimum atomic E-state index is -1.59. The lowest BCUT2D eigenvalue weighted by Gasteiger charge is -2.48. The van der Waals surface area contributed by atoms with E-state index in [-0.39, 0.29) is 0 Å². The van der Waals surface area contributed by atoms with Crippen LogP contribution in [0.4, 0.5) is 0 Å². The predicted octanol–water partition coefficient (Wildman–Crippen LogP) is 6.86. The minimum Gasteiger partial charge on any atom is -0.0808 e. The fourth-order valence-corrected chi connectivity index (χ4v) is 14.2. The van der Waals surface area contributed by atoms with Gasteiger partial charge in [-0.2, -0.15) is 0 Å². The van der Waals surface area contributed by atoms with Crippen molar-refractivity contribution >= 4 is 13.3 Å². The summed E-state index contributed by atoms with van der Waals surface area (Å²) >= 11 is 0. The second kappa shape index (κ2) is 7.39. The fourth-order valence-electron chi connectivity index (χ4n) is 7.87. The lowest BCUT2D eigenvalue weighted by atomic mass is 9.77. The monoisotopic (exact) mass is 376 g/mol. The van der Waals surface area contributed by atoms with E-state index in [9.17, 15) is 0 Å². The molecule has 0 radical (unpaired) electrons. The molecule has 1 heteroatoms. The molecule has 0 nitrogen and oxygen atoms in total. The lowest BCUT2D eigenvalue weighted by molar-refractivity contribution is 0.246. The van der Waals surface area contributed by atoms with E-state index >= 15 is 0 Å². The van der Waals surface area contributed by atoms with Gasteiger partial charge in [0.25, 0.3) is 0 Å². The molecule has 3 saturated carbocycles. The van der Waals surface area contributed by atoms with Gasteiger partial charge in [-0.25, -0.2) is 0 Å². The first kappa shape index (κ1) is 18.0. The van der Waals surface area contributed by atoms with Crippen molar-refractivity contribution in [3.8, 4) is 0 Å². The zero-order chi connectivity index (χ0) is 18.3. The Hall–Kier alpha value is -1.08. The zero-order valence-electron chi connectivity index (χ0n) is 17.0. The standard InChI is InChI=1S/C26H36Si/c1-27(20-12-4-2-5-13-20,21-14-6-3-7-15-21)26-24-18-10-8-16-22(24)23-17-9-11-19-25(23)26/h2,4-5,8,10,12-13,16,18,21-26H,3,6-7,9,11,14-15,17,19H2,1H3. The van der Waals surface area contributed by atoms with E-state index in [1.165, 1.54) is 57.8 Å². The van der Waals surface area contributed by atoms with Gasteiger partial charge in [0.2, 0.25) is 0 Å². The maximum absolute atomic E-state index is 2.82. The molecule has 3 fully saturated rings. The van der Waals surface area contributed by atoms with Crippen molar-refractivity contribution in [2.75, 3.05) is 0 Å². The van der Waals surface area contributed by atoms with Crippen molar-refractivity contribution in [2.24, 2.45) is 23.7 Å². The Morgan fingerprint density at radius 1 is 0.704 bits per heavy atom. The van der Waals surface area contributed by atoms with Crippen molar-refractivity contribution in [1.29, 1.82) is 0 Å². The largest absolute Gasteiger partial charge is 0.0906 e. The van der Waals surface area contributed by atoms with Crippen LogP contribution in [0.2, 0.25) is 17.6 Å². The van der Waals surface area contributed by atoms with Crippen LogP contribution in [0.15, 0.2) is 54.6 Å². The Morgan fingerprint density at radius 2 is 1.33 bits per heavy atom. The van der Waals surface area contributed by atoms with Crippen LogP contribution in [0.25, 0.3) is 0 Å². The minimum absolute atomic E-state index is 0.821. The smallest absolute Gasteiger partial charge is 0.0808 e. The van der Waals surface area contributed by atoms with Crippen LogP contribution in [-0.2, 0) is 0 Å². The van der Waals surface area contributed by atoms with Crippen molar-refractivity contribution in [3.63, 3.8) is 0 Å². The third kappa shape index (κ3) is 2.92. The maximum atomic E-state index is 2.82. The summed E-state index contributed by atoms with van der Waals surface area (Å²) in [6, 6.07) is 11.9. The molecule has 0 aromatic heterocycles. The third-order valence-electron chi connectivity index (χ3n) is 9.01. The number of rotatable bonds is 3. The van der Waals surface area contributed by atoms with Crippen LogP contribution in [0.3, 0.4) is 0 Å². The van der Waals surface area contributed by atoms with Crippen LogP contribution in [-0.4, -0.2) is 8.07 Å². The molecule has 0 aliphatic heterocycles. The highest BCUT2D eigenvalue weighted by atomic mass is 28.3. The second-order valence-electron chi connectivity index (χ2n) is 10.0. The van der Waals surface area contributed by atoms with Gasteiger partial charge in [0, 0.05) is 0 Å². The molecule has 0 bridgehead atoms. The predicted molar refractivity (Wildman–Crippen MR) is 119 cm³/mol. The van der Waals surface area contributed by atoms with Crippen LogP contribution in [0.5, 0.6) is 0 Å². The first-order chi connectivity index (χ1) is 13.3. The molecular weight excluding hydrogens is 340 g/mol. The molecule has 0 spiro atoms. The van der Waals surface area contributed by atoms with Crippen LogP contribution in [0.1, 0.15) is 57.8 Å². The summed E-state index contributed by atoms with van der Waals surface area (Å²) in [7, 11) is -1.59. The highest BCUT2D eigenvalue weighted by Crippen LogP contribution is 2.63. The van der Waals surface area contributed by atoms with E-state index in [1.807, 2.05) is 0 Å². The van der Waals surface area contributed by atoms with Gasteiger partial charge in [-0.05, 0) is 41.2 Å². The third-order valence-corrected chi connectivity index (χ3v) is 15.1. The molecule has 4 aliphatic carbocycles. The molecule has 5 rings (SSSR count). The SMILES string of the molecule is C[Si](c1ccccc1)(C1CCCCC1)C1C2C=CC=CC2C2CCCCC21. The summed E-state index contributed by atoms with van der Waals surface area (Å²) in [6.07, 6.45) is 23.4. The van der Waals surface area contributed by atoms with E-state index < -0.39 is 8.07 Å². The van der Waals surface area contributed by atoms with Crippen LogP contribution in [0, 0.1) is 23.7 Å². The Morgan fingerprint density at radius 3 is 2.07 bits per heavy atom. The summed E-state index contributed by atoms with van der Waals surface area (Å²) in [6.45, 7) is 2.82. The summed E-state index contributed by atoms with van der Waals surface area (Å²) in [5.74, 6) is 3.61. The zero-order valence-corrected chi connectivity index (χ0v) is 18.0. The lowest BCUT2D eigenvalue weighted by Crippen LogP contribution is -2.56. The van der Waals surface area contributed by atoms with E-state index in [4.69, 9.17) is 0 Å². The van der Waals surface area contributed by atoms with E-state index in [1.54, 1.807) is 5.19 Å². The number of benzene rings is 1. The molecule has 0 amide bonds. The molecule has 27 heavy (non-hydrogen) atoms. The Balaban J connectivity index is 1.62. The van der Waals surface area contributed by atoms with E-state index in [0.717, 1.165) is 34.8 Å². The number of allylic oxidation sites excluding steroid dienone is 4. The summed E-state index contributed by atoms with van der Waals surface area (Å²) in [5.41, 5.74) is 1.96. The van der Waals surface area contributed by atoms with Crippen molar-refractivity contribution < 1.29 is 0 Å². The number of hydrogen-bond donors (Lipinski definition) is 0. The molecule has 0 N–H and O–H groups in total. The first-order valence-corrected chi connectivity index (χ1v) is 14.4. The maximum Gasteiger partial charge on any atom is 0.0906 e. The highest BCUT2D eigenvalue weighted by molar-refractivity contribution is 6.93. The molecule has 1 aromatic carbocycles. The average Bonchev–Trinajstić information content (AvgIpc) is 3.09. The van der Waals surface area contributed by atoms with Gasteiger partial charge >= 0.3 is 0 Å². The number of hydrogen-bond acceptors (Lipinski definition) is 0. The van der Waals surface area contributed by atoms with Crippen molar-refractivity contribution in [3.05, 3.63) is 54.6 Å². The van der Waals surface area contributed by atoms with Crippen molar-refractivity contribution in [1.82, 2.24) is 0 Å². The fraction of sp³-hybridized carbons (Fsp3) is 0.615. The molecule has 1 aromatic rings.